The van der Waals surface area contributed by atoms with E-state index in [0.717, 1.165) is 19.3 Å². The summed E-state index contributed by atoms with van der Waals surface area (Å²) in [6, 6.07) is 9.54. The fraction of sp³-hybridized carbons (Fsp3) is 0.520. The van der Waals surface area contributed by atoms with Crippen molar-refractivity contribution in [3.8, 4) is 6.07 Å². The second-order valence-corrected chi connectivity index (χ2v) is 10.3. The maximum atomic E-state index is 13.3. The zero-order chi connectivity index (χ0) is 23.3. The summed E-state index contributed by atoms with van der Waals surface area (Å²) < 4.78 is 1.71. The highest BCUT2D eigenvalue weighted by molar-refractivity contribution is 8.00. The first-order chi connectivity index (χ1) is 15.2. The zero-order valence-electron chi connectivity index (χ0n) is 19.4. The van der Waals surface area contributed by atoms with Gasteiger partial charge in [-0.2, -0.15) is 5.26 Å². The van der Waals surface area contributed by atoms with Crippen LogP contribution in [0.5, 0.6) is 0 Å². The lowest BCUT2D eigenvalue weighted by atomic mass is 9.90. The van der Waals surface area contributed by atoms with Crippen molar-refractivity contribution in [2.45, 2.75) is 82.3 Å². The van der Waals surface area contributed by atoms with Crippen LogP contribution < -0.4 is 10.9 Å². The first kappa shape index (κ1) is 24.1. The van der Waals surface area contributed by atoms with Crippen molar-refractivity contribution in [3.63, 3.8) is 0 Å². The van der Waals surface area contributed by atoms with Crippen LogP contribution in [0, 0.1) is 17.2 Å². The molecule has 0 saturated carbocycles. The molecule has 2 unspecified atom stereocenters. The van der Waals surface area contributed by atoms with Gasteiger partial charge in [-0.05, 0) is 64.0 Å². The Kier molecular flexibility index (Phi) is 7.78. The van der Waals surface area contributed by atoms with Crippen LogP contribution >= 0.6 is 11.8 Å². The lowest BCUT2D eigenvalue weighted by Gasteiger charge is -2.28. The van der Waals surface area contributed by atoms with Gasteiger partial charge < -0.3 is 5.32 Å². The van der Waals surface area contributed by atoms with Gasteiger partial charge in [0.1, 0.15) is 5.54 Å². The maximum Gasteiger partial charge on any atom is 0.262 e. The number of benzene rings is 1. The topological polar surface area (TPSA) is 87.8 Å². The van der Waals surface area contributed by atoms with Crippen LogP contribution in [-0.2, 0) is 11.3 Å². The molecule has 3 rings (SSSR count). The van der Waals surface area contributed by atoms with E-state index in [1.54, 1.807) is 24.5 Å². The normalized spacial score (nSPS) is 16.8. The molecule has 0 fully saturated rings. The van der Waals surface area contributed by atoms with Gasteiger partial charge in [0, 0.05) is 6.54 Å². The standard InChI is InChI=1S/C25H32N4O2S/c1-17(2)25(4,16-26)28-22(30)18(3)32-24-27-21-13-9-8-12-20(21)23(31)29(24)15-14-19-10-6-5-7-11-19/h8-10,12-13,17-18H,5-7,11,14-15H2,1-4H3,(H,28,30). The Morgan fingerprint density at radius 3 is 2.72 bits per heavy atom. The summed E-state index contributed by atoms with van der Waals surface area (Å²) in [5.41, 5.74) is 0.992. The van der Waals surface area contributed by atoms with Gasteiger partial charge in [0.25, 0.3) is 5.56 Å². The molecule has 1 N–H and O–H groups in total. The number of nitrogens with one attached hydrogen (secondary N) is 1. The quantitative estimate of drug-likeness (QED) is 0.352. The van der Waals surface area contributed by atoms with E-state index in [4.69, 9.17) is 4.98 Å². The molecule has 1 aliphatic rings. The Bertz CT molecular complexity index is 1120. The van der Waals surface area contributed by atoms with Crippen LogP contribution in [0.4, 0.5) is 0 Å². The molecular formula is C25H32N4O2S. The molecule has 170 valence electrons. The van der Waals surface area contributed by atoms with Crippen LogP contribution in [0.3, 0.4) is 0 Å². The van der Waals surface area contributed by atoms with Gasteiger partial charge in [0.15, 0.2) is 5.16 Å². The van der Waals surface area contributed by atoms with Gasteiger partial charge in [0.05, 0.1) is 22.2 Å². The van der Waals surface area contributed by atoms with Crippen LogP contribution in [0.15, 0.2) is 45.9 Å². The number of aromatic nitrogens is 2. The van der Waals surface area contributed by atoms with Crippen LogP contribution in [0.2, 0.25) is 0 Å². The Morgan fingerprint density at radius 2 is 2.06 bits per heavy atom. The van der Waals surface area contributed by atoms with Crippen molar-refractivity contribution < 1.29 is 4.79 Å². The van der Waals surface area contributed by atoms with Crippen molar-refractivity contribution in [3.05, 3.63) is 46.3 Å². The van der Waals surface area contributed by atoms with E-state index in [-0.39, 0.29) is 17.4 Å². The number of nitriles is 1. The molecule has 0 bridgehead atoms. The number of hydrogen-bond donors (Lipinski definition) is 1. The van der Waals surface area contributed by atoms with Crippen molar-refractivity contribution >= 4 is 28.6 Å². The fourth-order valence-corrected chi connectivity index (χ4v) is 4.63. The minimum Gasteiger partial charge on any atom is -0.337 e. The zero-order valence-corrected chi connectivity index (χ0v) is 20.2. The predicted octanol–water partition coefficient (Wildman–Crippen LogP) is 4.82. The molecule has 1 aromatic carbocycles. The summed E-state index contributed by atoms with van der Waals surface area (Å²) in [5, 5.41) is 13.0. The number of hydrogen-bond acceptors (Lipinski definition) is 5. The Balaban J connectivity index is 1.88. The van der Waals surface area contributed by atoms with Gasteiger partial charge in [-0.1, -0.05) is 49.4 Å². The number of nitrogens with zero attached hydrogens (tertiary/aromatic N) is 3. The molecule has 2 aromatic rings. The lowest BCUT2D eigenvalue weighted by Crippen LogP contribution is -2.51. The number of rotatable bonds is 8. The van der Waals surface area contributed by atoms with Gasteiger partial charge in [-0.3, -0.25) is 14.2 Å². The van der Waals surface area contributed by atoms with Crippen molar-refractivity contribution in [1.29, 1.82) is 5.26 Å². The molecule has 1 heterocycles. The summed E-state index contributed by atoms with van der Waals surface area (Å²) >= 11 is 1.27. The van der Waals surface area contributed by atoms with E-state index in [2.05, 4.69) is 17.5 Å². The van der Waals surface area contributed by atoms with Crippen molar-refractivity contribution in [2.24, 2.45) is 5.92 Å². The van der Waals surface area contributed by atoms with Crippen LogP contribution in [0.25, 0.3) is 10.9 Å². The number of carbonyl (C=O) groups is 1. The highest BCUT2D eigenvalue weighted by Gasteiger charge is 2.32. The van der Waals surface area contributed by atoms with Crippen molar-refractivity contribution in [1.82, 2.24) is 14.9 Å². The SMILES string of the molecule is CC(Sc1nc2ccccc2c(=O)n1CCC1=CCCCC1)C(=O)NC(C)(C#N)C(C)C. The van der Waals surface area contributed by atoms with E-state index >= 15 is 0 Å². The van der Waals surface area contributed by atoms with Gasteiger partial charge in [-0.15, -0.1) is 0 Å². The second-order valence-electron chi connectivity index (χ2n) is 8.94. The van der Waals surface area contributed by atoms with E-state index < -0.39 is 10.8 Å². The van der Waals surface area contributed by atoms with E-state index in [0.29, 0.717) is 22.6 Å². The van der Waals surface area contributed by atoms with Crippen LogP contribution in [0.1, 0.15) is 59.8 Å². The first-order valence-electron chi connectivity index (χ1n) is 11.3. The molecule has 1 amide bonds. The summed E-state index contributed by atoms with van der Waals surface area (Å²) in [4.78, 5) is 30.9. The third-order valence-electron chi connectivity index (χ3n) is 6.29. The van der Waals surface area contributed by atoms with Gasteiger partial charge in [-0.25, -0.2) is 4.98 Å². The monoisotopic (exact) mass is 452 g/mol. The summed E-state index contributed by atoms with van der Waals surface area (Å²) in [6.07, 6.45) is 7.72. The Morgan fingerprint density at radius 1 is 1.31 bits per heavy atom. The van der Waals surface area contributed by atoms with E-state index in [1.165, 1.54) is 30.2 Å². The van der Waals surface area contributed by atoms with E-state index in [9.17, 15) is 14.9 Å². The first-order valence-corrected chi connectivity index (χ1v) is 12.2. The number of allylic oxidation sites excluding steroid dienone is 2. The van der Waals surface area contributed by atoms with Gasteiger partial charge >= 0.3 is 0 Å². The molecule has 7 heteroatoms. The highest BCUT2D eigenvalue weighted by Crippen LogP contribution is 2.26. The lowest BCUT2D eigenvalue weighted by molar-refractivity contribution is -0.121. The second kappa shape index (κ2) is 10.4. The molecule has 32 heavy (non-hydrogen) atoms. The Labute approximate surface area is 194 Å². The van der Waals surface area contributed by atoms with Gasteiger partial charge in [0.2, 0.25) is 5.91 Å². The largest absolute Gasteiger partial charge is 0.337 e. The molecule has 1 aromatic heterocycles. The number of thioether (sulfide) groups is 1. The number of amides is 1. The molecular weight excluding hydrogens is 420 g/mol. The molecule has 0 saturated heterocycles. The molecule has 0 radical (unpaired) electrons. The fourth-order valence-electron chi connectivity index (χ4n) is 3.69. The molecule has 6 nitrogen and oxygen atoms in total. The maximum absolute atomic E-state index is 13.3. The molecule has 0 spiro atoms. The Hall–Kier alpha value is -2.59. The minimum atomic E-state index is -0.949. The number of fused-ring (bicyclic) bond motifs is 1. The minimum absolute atomic E-state index is 0.0330. The average molecular weight is 453 g/mol. The highest BCUT2D eigenvalue weighted by atomic mass is 32.2. The summed E-state index contributed by atoms with van der Waals surface area (Å²) in [7, 11) is 0. The number of para-hydroxylation sites is 1. The third kappa shape index (κ3) is 5.42. The molecule has 1 aliphatic carbocycles. The van der Waals surface area contributed by atoms with Crippen molar-refractivity contribution in [2.75, 3.05) is 0 Å². The molecule has 2 atom stereocenters. The number of carbonyl (C=O) groups excluding carboxylic acids is 1. The van der Waals surface area contributed by atoms with Crippen LogP contribution in [-0.4, -0.2) is 26.2 Å². The third-order valence-corrected chi connectivity index (χ3v) is 7.38. The predicted molar refractivity (Wildman–Crippen MR) is 129 cm³/mol. The smallest absolute Gasteiger partial charge is 0.262 e. The summed E-state index contributed by atoms with van der Waals surface area (Å²) in [6.45, 7) is 7.87. The van der Waals surface area contributed by atoms with E-state index in [1.807, 2.05) is 32.0 Å². The summed E-state index contributed by atoms with van der Waals surface area (Å²) in [5.74, 6) is -0.272. The molecule has 0 aliphatic heterocycles. The average Bonchev–Trinajstić information content (AvgIpc) is 2.79.